The molecule has 0 aliphatic heterocycles. The fourth-order valence-electron chi connectivity index (χ4n) is 2.62. The summed E-state index contributed by atoms with van der Waals surface area (Å²) in [7, 11) is 0. The molecule has 0 radical (unpaired) electrons. The number of fused-ring (bicyclic) bond motifs is 2. The Kier molecular flexibility index (Phi) is 3.93. The van der Waals surface area contributed by atoms with E-state index in [-0.39, 0.29) is 5.69 Å². The molecule has 0 aliphatic carbocycles. The maximum Gasteiger partial charge on any atom is 0.326 e. The van der Waals surface area contributed by atoms with E-state index < -0.39 is 0 Å². The molecule has 2 aromatic heterocycles. The van der Waals surface area contributed by atoms with Crippen LogP contribution in [0, 0.1) is 0 Å². The van der Waals surface area contributed by atoms with Gasteiger partial charge in [-0.25, -0.2) is 9.78 Å². The minimum Gasteiger partial charge on any atom is -0.306 e. The zero-order valence-corrected chi connectivity index (χ0v) is 14.0. The molecule has 1 N–H and O–H groups in total. The number of thioether (sulfide) groups is 1. The number of para-hydroxylation sites is 3. The van der Waals surface area contributed by atoms with Gasteiger partial charge in [-0.15, -0.1) is 11.3 Å². The maximum absolute atomic E-state index is 12.0. The van der Waals surface area contributed by atoms with Gasteiger partial charge < -0.3 is 4.98 Å². The molecule has 116 valence electrons. The van der Waals surface area contributed by atoms with E-state index in [2.05, 4.69) is 16.0 Å². The van der Waals surface area contributed by atoms with Crippen LogP contribution in [0.5, 0.6) is 0 Å². The van der Waals surface area contributed by atoms with Gasteiger partial charge in [-0.05, 0) is 30.7 Å². The minimum absolute atomic E-state index is 0.0313. The number of imidazole rings is 1. The van der Waals surface area contributed by atoms with Gasteiger partial charge in [-0.2, -0.15) is 0 Å². The number of thiazole rings is 1. The van der Waals surface area contributed by atoms with Gasteiger partial charge in [0.05, 0.1) is 21.3 Å². The molecule has 4 aromatic rings. The molecule has 0 bridgehead atoms. The van der Waals surface area contributed by atoms with Crippen LogP contribution in [0.2, 0.25) is 0 Å². The molecule has 2 aromatic carbocycles. The molecule has 0 saturated heterocycles. The Bertz CT molecular complexity index is 982. The number of aromatic amines is 1. The number of aryl methyl sites for hydroxylation is 1. The number of nitrogens with one attached hydrogen (secondary N) is 1. The molecule has 0 aliphatic rings. The van der Waals surface area contributed by atoms with Crippen molar-refractivity contribution in [1.29, 1.82) is 0 Å². The second-order valence-corrected chi connectivity index (χ2v) is 7.62. The quantitative estimate of drug-likeness (QED) is 0.439. The van der Waals surface area contributed by atoms with Gasteiger partial charge in [0.2, 0.25) is 0 Å². The summed E-state index contributed by atoms with van der Waals surface area (Å²) in [5.41, 5.74) is 2.91. The number of benzene rings is 2. The average Bonchev–Trinajstić information content (AvgIpc) is 3.11. The molecular weight excluding hydrogens is 326 g/mol. The van der Waals surface area contributed by atoms with Crippen molar-refractivity contribution < 1.29 is 0 Å². The highest BCUT2D eigenvalue weighted by molar-refractivity contribution is 8.01. The molecule has 23 heavy (non-hydrogen) atoms. The summed E-state index contributed by atoms with van der Waals surface area (Å²) in [6.45, 7) is 0.723. The van der Waals surface area contributed by atoms with Crippen LogP contribution in [0.15, 0.2) is 57.7 Å². The van der Waals surface area contributed by atoms with Crippen molar-refractivity contribution in [2.24, 2.45) is 0 Å². The molecule has 0 spiro atoms. The van der Waals surface area contributed by atoms with Crippen LogP contribution < -0.4 is 5.69 Å². The van der Waals surface area contributed by atoms with E-state index in [1.165, 1.54) is 4.70 Å². The highest BCUT2D eigenvalue weighted by atomic mass is 32.2. The fraction of sp³-hybridized carbons (Fsp3) is 0.176. The SMILES string of the molecule is O=c1[nH]c2ccccc2n1CCCSc1nc2ccccc2s1. The first-order valence-corrected chi connectivity index (χ1v) is 9.27. The standard InChI is InChI=1S/C17H15N3OS2/c21-16-18-12-6-1-3-8-14(12)20(16)10-5-11-22-17-19-13-7-2-4-9-15(13)23-17/h1-4,6-9H,5,10-11H2,(H,18,21). The molecule has 2 heterocycles. The Hall–Kier alpha value is -2.05. The zero-order chi connectivity index (χ0) is 15.6. The predicted octanol–water partition coefficient (Wildman–Crippen LogP) is 4.12. The van der Waals surface area contributed by atoms with E-state index in [0.29, 0.717) is 0 Å². The summed E-state index contributed by atoms with van der Waals surface area (Å²) in [5, 5.41) is 0. The Morgan fingerprint density at radius 1 is 1.13 bits per heavy atom. The van der Waals surface area contributed by atoms with E-state index in [9.17, 15) is 4.79 Å². The van der Waals surface area contributed by atoms with Crippen molar-refractivity contribution in [3.05, 3.63) is 59.0 Å². The predicted molar refractivity (Wildman–Crippen MR) is 97.5 cm³/mol. The van der Waals surface area contributed by atoms with E-state index in [4.69, 9.17) is 0 Å². The highest BCUT2D eigenvalue weighted by Gasteiger charge is 2.07. The normalized spacial score (nSPS) is 11.5. The lowest BCUT2D eigenvalue weighted by Gasteiger charge is -2.02. The van der Waals surface area contributed by atoms with Crippen LogP contribution >= 0.6 is 23.1 Å². The van der Waals surface area contributed by atoms with Gasteiger partial charge in [-0.3, -0.25) is 4.57 Å². The van der Waals surface area contributed by atoms with E-state index in [0.717, 1.165) is 39.6 Å². The molecule has 4 rings (SSSR count). The average molecular weight is 341 g/mol. The number of hydrogen-bond acceptors (Lipinski definition) is 4. The number of rotatable bonds is 5. The largest absolute Gasteiger partial charge is 0.326 e. The van der Waals surface area contributed by atoms with Crippen molar-refractivity contribution in [2.45, 2.75) is 17.3 Å². The Labute approximate surface area is 141 Å². The Balaban J connectivity index is 1.41. The first kappa shape index (κ1) is 14.5. The van der Waals surface area contributed by atoms with Gasteiger partial charge in [0, 0.05) is 12.3 Å². The molecule has 0 amide bonds. The van der Waals surface area contributed by atoms with Crippen LogP contribution in [0.4, 0.5) is 0 Å². The van der Waals surface area contributed by atoms with Gasteiger partial charge in [0.1, 0.15) is 0 Å². The zero-order valence-electron chi connectivity index (χ0n) is 12.4. The van der Waals surface area contributed by atoms with Gasteiger partial charge in [0.15, 0.2) is 4.34 Å². The van der Waals surface area contributed by atoms with Crippen molar-refractivity contribution >= 4 is 44.3 Å². The fourth-order valence-corrected chi connectivity index (χ4v) is 4.69. The lowest BCUT2D eigenvalue weighted by atomic mass is 10.3. The molecule has 0 unspecified atom stereocenters. The first-order chi connectivity index (χ1) is 11.3. The van der Waals surface area contributed by atoms with E-state index in [1.54, 1.807) is 23.1 Å². The summed E-state index contributed by atoms with van der Waals surface area (Å²) < 4.78 is 4.13. The van der Waals surface area contributed by atoms with E-state index in [1.807, 2.05) is 47.0 Å². The topological polar surface area (TPSA) is 50.7 Å². The van der Waals surface area contributed by atoms with Crippen LogP contribution in [-0.2, 0) is 6.54 Å². The summed E-state index contributed by atoms with van der Waals surface area (Å²) >= 11 is 3.49. The third-order valence-corrected chi connectivity index (χ3v) is 5.97. The number of H-pyrrole nitrogens is 1. The maximum atomic E-state index is 12.0. The lowest BCUT2D eigenvalue weighted by molar-refractivity contribution is 0.679. The number of nitrogens with zero attached hydrogens (tertiary/aromatic N) is 2. The second-order valence-electron chi connectivity index (χ2n) is 5.25. The van der Waals surface area contributed by atoms with Crippen molar-refractivity contribution in [3.63, 3.8) is 0 Å². The molecular formula is C17H15N3OS2. The molecule has 0 fully saturated rings. The number of hydrogen-bond donors (Lipinski definition) is 1. The van der Waals surface area contributed by atoms with E-state index >= 15 is 0 Å². The highest BCUT2D eigenvalue weighted by Crippen LogP contribution is 2.29. The van der Waals surface area contributed by atoms with Crippen molar-refractivity contribution in [2.75, 3.05) is 5.75 Å². The summed E-state index contributed by atoms with van der Waals surface area (Å²) in [4.78, 5) is 19.5. The van der Waals surface area contributed by atoms with Gasteiger partial charge >= 0.3 is 5.69 Å². The summed E-state index contributed by atoms with van der Waals surface area (Å²) in [5.74, 6) is 0.950. The van der Waals surface area contributed by atoms with Crippen molar-refractivity contribution in [1.82, 2.24) is 14.5 Å². The third-order valence-electron chi connectivity index (χ3n) is 3.71. The van der Waals surface area contributed by atoms with Gasteiger partial charge in [0.25, 0.3) is 0 Å². The summed E-state index contributed by atoms with van der Waals surface area (Å²) in [6, 6.07) is 16.0. The second kappa shape index (κ2) is 6.22. The number of aromatic nitrogens is 3. The first-order valence-electron chi connectivity index (χ1n) is 7.47. The molecule has 6 heteroatoms. The van der Waals surface area contributed by atoms with Crippen LogP contribution in [-0.4, -0.2) is 20.3 Å². The lowest BCUT2D eigenvalue weighted by Crippen LogP contribution is -2.17. The molecule has 0 atom stereocenters. The van der Waals surface area contributed by atoms with Gasteiger partial charge in [-0.1, -0.05) is 36.0 Å². The minimum atomic E-state index is -0.0313. The van der Waals surface area contributed by atoms with Crippen LogP contribution in [0.1, 0.15) is 6.42 Å². The Morgan fingerprint density at radius 2 is 1.96 bits per heavy atom. The summed E-state index contributed by atoms with van der Waals surface area (Å²) in [6.07, 6.45) is 0.933. The molecule has 0 saturated carbocycles. The smallest absolute Gasteiger partial charge is 0.306 e. The third kappa shape index (κ3) is 2.92. The van der Waals surface area contributed by atoms with Crippen LogP contribution in [0.25, 0.3) is 21.3 Å². The monoisotopic (exact) mass is 341 g/mol. The Morgan fingerprint density at radius 3 is 2.87 bits per heavy atom. The van der Waals surface area contributed by atoms with Crippen LogP contribution in [0.3, 0.4) is 0 Å². The molecule has 4 nitrogen and oxygen atoms in total. The van der Waals surface area contributed by atoms with Crippen molar-refractivity contribution in [3.8, 4) is 0 Å².